The van der Waals surface area contributed by atoms with E-state index in [0.717, 1.165) is 17.3 Å². The first-order valence-corrected chi connectivity index (χ1v) is 12.9. The molecule has 0 aliphatic rings. The maximum Gasteiger partial charge on any atom is 0.262 e. The van der Waals surface area contributed by atoms with Crippen LogP contribution in [0.2, 0.25) is 0 Å². The molecule has 34 heavy (non-hydrogen) atoms. The van der Waals surface area contributed by atoms with Gasteiger partial charge in [-0.25, -0.2) is 13.4 Å². The molecule has 0 spiro atoms. The van der Waals surface area contributed by atoms with Crippen LogP contribution in [0.1, 0.15) is 18.5 Å². The van der Waals surface area contributed by atoms with Crippen molar-refractivity contribution in [1.82, 2.24) is 10.3 Å². The van der Waals surface area contributed by atoms with Gasteiger partial charge in [0, 0.05) is 0 Å². The van der Waals surface area contributed by atoms with Gasteiger partial charge in [0.2, 0.25) is 5.91 Å². The zero-order valence-electron chi connectivity index (χ0n) is 18.5. The molecule has 0 radical (unpaired) electrons. The van der Waals surface area contributed by atoms with E-state index in [0.29, 0.717) is 22.5 Å². The lowest BCUT2D eigenvalue weighted by atomic mass is 10.1. The van der Waals surface area contributed by atoms with Crippen LogP contribution in [0.5, 0.6) is 5.75 Å². The number of methoxy groups -OCH3 is 1. The van der Waals surface area contributed by atoms with E-state index in [1.165, 1.54) is 19.2 Å². The molecular weight excluding hydrogens is 474 g/mol. The Morgan fingerprint density at radius 3 is 2.59 bits per heavy atom. The number of oxazole rings is 1. The lowest BCUT2D eigenvalue weighted by Crippen LogP contribution is -2.28. The van der Waals surface area contributed by atoms with Crippen molar-refractivity contribution in [2.75, 3.05) is 17.6 Å². The van der Waals surface area contributed by atoms with Crippen molar-refractivity contribution in [3.63, 3.8) is 0 Å². The molecule has 0 bridgehead atoms. The van der Waals surface area contributed by atoms with Crippen LogP contribution in [-0.4, -0.2) is 32.2 Å². The van der Waals surface area contributed by atoms with Gasteiger partial charge in [0.25, 0.3) is 15.2 Å². The smallest absolute Gasteiger partial charge is 0.262 e. The van der Waals surface area contributed by atoms with Crippen molar-refractivity contribution in [3.8, 4) is 5.75 Å². The number of carbonyl (C=O) groups excluding carboxylic acids is 1. The highest BCUT2D eigenvalue weighted by molar-refractivity contribution is 7.99. The van der Waals surface area contributed by atoms with Gasteiger partial charge >= 0.3 is 0 Å². The van der Waals surface area contributed by atoms with Crippen LogP contribution in [-0.2, 0) is 14.8 Å². The fourth-order valence-electron chi connectivity index (χ4n) is 3.28. The first-order chi connectivity index (χ1) is 16.4. The number of para-hydroxylation sites is 2. The second kappa shape index (κ2) is 10.2. The van der Waals surface area contributed by atoms with E-state index in [-0.39, 0.29) is 27.8 Å². The number of rotatable bonds is 9. The summed E-state index contributed by atoms with van der Waals surface area (Å²) >= 11 is 1.14. The number of sulfonamides is 1. The Morgan fingerprint density at radius 1 is 1.09 bits per heavy atom. The molecule has 1 aromatic heterocycles. The summed E-state index contributed by atoms with van der Waals surface area (Å²) in [6.45, 7) is 1.92. The summed E-state index contributed by atoms with van der Waals surface area (Å²) in [5.74, 6) is 0.366. The van der Waals surface area contributed by atoms with E-state index in [2.05, 4.69) is 15.0 Å². The number of amides is 1. The molecule has 0 aliphatic carbocycles. The second-order valence-corrected chi connectivity index (χ2v) is 10.0. The van der Waals surface area contributed by atoms with Gasteiger partial charge in [-0.2, -0.15) is 0 Å². The number of hydrogen-bond acceptors (Lipinski definition) is 7. The molecule has 8 nitrogen and oxygen atoms in total. The second-order valence-electron chi connectivity index (χ2n) is 7.40. The van der Waals surface area contributed by atoms with Gasteiger partial charge < -0.3 is 14.5 Å². The minimum absolute atomic E-state index is 0.0326. The molecule has 2 N–H and O–H groups in total. The van der Waals surface area contributed by atoms with Crippen molar-refractivity contribution in [2.24, 2.45) is 0 Å². The van der Waals surface area contributed by atoms with Gasteiger partial charge in [0.1, 0.15) is 11.3 Å². The van der Waals surface area contributed by atoms with Crippen LogP contribution in [0, 0.1) is 0 Å². The number of thioether (sulfide) groups is 1. The summed E-state index contributed by atoms with van der Waals surface area (Å²) in [5.41, 5.74) is 2.15. The predicted molar refractivity (Wildman–Crippen MR) is 132 cm³/mol. The van der Waals surface area contributed by atoms with Crippen molar-refractivity contribution < 1.29 is 22.4 Å². The van der Waals surface area contributed by atoms with Crippen molar-refractivity contribution in [1.29, 1.82) is 0 Å². The lowest BCUT2D eigenvalue weighted by molar-refractivity contribution is -0.119. The van der Waals surface area contributed by atoms with Crippen LogP contribution < -0.4 is 14.8 Å². The minimum Gasteiger partial charge on any atom is -0.495 e. The van der Waals surface area contributed by atoms with Gasteiger partial charge in [-0.05, 0) is 42.8 Å². The highest BCUT2D eigenvalue weighted by Crippen LogP contribution is 2.29. The lowest BCUT2D eigenvalue weighted by Gasteiger charge is -2.13. The molecule has 10 heteroatoms. The summed E-state index contributed by atoms with van der Waals surface area (Å²) < 4.78 is 39.1. The van der Waals surface area contributed by atoms with E-state index in [1.54, 1.807) is 30.3 Å². The molecule has 0 aliphatic heterocycles. The maximum atomic E-state index is 12.9. The summed E-state index contributed by atoms with van der Waals surface area (Å²) in [4.78, 5) is 16.7. The molecule has 3 aromatic carbocycles. The molecule has 0 fully saturated rings. The zero-order chi connectivity index (χ0) is 24.1. The Labute approximate surface area is 201 Å². The maximum absolute atomic E-state index is 12.9. The van der Waals surface area contributed by atoms with Gasteiger partial charge in [-0.1, -0.05) is 54.2 Å². The molecule has 1 unspecified atom stereocenters. The van der Waals surface area contributed by atoms with E-state index < -0.39 is 10.0 Å². The Hall–Kier alpha value is -3.50. The molecule has 1 amide bonds. The predicted octanol–water partition coefficient (Wildman–Crippen LogP) is 4.61. The third-order valence-electron chi connectivity index (χ3n) is 5.00. The average molecular weight is 498 g/mol. The van der Waals surface area contributed by atoms with Crippen LogP contribution in [0.15, 0.2) is 87.3 Å². The quantitative estimate of drug-likeness (QED) is 0.325. The normalized spacial score (nSPS) is 12.3. The molecular formula is C24H23N3O5S2. The number of nitrogens with one attached hydrogen (secondary N) is 2. The number of aromatic nitrogens is 1. The third kappa shape index (κ3) is 5.52. The van der Waals surface area contributed by atoms with Crippen LogP contribution >= 0.6 is 11.8 Å². The standard InChI is InChI=1S/C24H23N3O5S2/c1-16(17-8-4-3-5-9-17)25-23(28)15-33-24-26-20-14-18(12-13-22(20)32-24)34(29,30)27-19-10-6-7-11-21(19)31-2/h3-14,16,27H,15H2,1-2H3,(H,25,28). The van der Waals surface area contributed by atoms with Crippen molar-refractivity contribution in [2.45, 2.75) is 23.1 Å². The summed E-state index contributed by atoms with van der Waals surface area (Å²) in [6, 6.07) is 20.7. The Kier molecular flexibility index (Phi) is 7.09. The number of ether oxygens (including phenoxy) is 1. The van der Waals surface area contributed by atoms with E-state index >= 15 is 0 Å². The van der Waals surface area contributed by atoms with Gasteiger partial charge in [0.15, 0.2) is 5.58 Å². The number of hydrogen-bond donors (Lipinski definition) is 2. The number of benzene rings is 3. The molecule has 1 atom stereocenters. The number of nitrogens with zero attached hydrogens (tertiary/aromatic N) is 1. The van der Waals surface area contributed by atoms with Gasteiger partial charge in [-0.15, -0.1) is 0 Å². The average Bonchev–Trinajstić information content (AvgIpc) is 3.26. The van der Waals surface area contributed by atoms with E-state index in [4.69, 9.17) is 9.15 Å². The van der Waals surface area contributed by atoms with Crippen molar-refractivity contribution in [3.05, 3.63) is 78.4 Å². The monoisotopic (exact) mass is 497 g/mol. The molecule has 1 heterocycles. The summed E-state index contributed by atoms with van der Waals surface area (Å²) in [6.07, 6.45) is 0. The van der Waals surface area contributed by atoms with Gasteiger partial charge in [-0.3, -0.25) is 9.52 Å². The SMILES string of the molecule is COc1ccccc1NS(=O)(=O)c1ccc2oc(SCC(=O)NC(C)c3ccccc3)nc2c1. The van der Waals surface area contributed by atoms with E-state index in [9.17, 15) is 13.2 Å². The molecule has 4 rings (SSSR count). The fourth-order valence-corrected chi connectivity index (χ4v) is 5.02. The van der Waals surface area contributed by atoms with E-state index in [1.807, 2.05) is 37.3 Å². The number of anilines is 1. The topological polar surface area (TPSA) is 111 Å². The Balaban J connectivity index is 1.43. The van der Waals surface area contributed by atoms with Crippen LogP contribution in [0.4, 0.5) is 5.69 Å². The number of fused-ring (bicyclic) bond motifs is 1. The summed E-state index contributed by atoms with van der Waals surface area (Å²) in [5, 5.41) is 3.22. The first-order valence-electron chi connectivity index (χ1n) is 10.4. The summed E-state index contributed by atoms with van der Waals surface area (Å²) in [7, 11) is -2.41. The fraction of sp³-hybridized carbons (Fsp3) is 0.167. The number of carbonyl (C=O) groups is 1. The molecule has 176 valence electrons. The van der Waals surface area contributed by atoms with Crippen molar-refractivity contribution >= 4 is 44.5 Å². The van der Waals surface area contributed by atoms with Gasteiger partial charge in [0.05, 0.1) is 29.5 Å². The largest absolute Gasteiger partial charge is 0.495 e. The third-order valence-corrected chi connectivity index (χ3v) is 7.20. The molecule has 0 saturated carbocycles. The zero-order valence-corrected chi connectivity index (χ0v) is 20.2. The first kappa shape index (κ1) is 23.7. The van der Waals surface area contributed by atoms with Crippen LogP contribution in [0.3, 0.4) is 0 Å². The Bertz CT molecular complexity index is 1400. The highest BCUT2D eigenvalue weighted by atomic mass is 32.2. The minimum atomic E-state index is -3.88. The molecule has 0 saturated heterocycles. The van der Waals surface area contributed by atoms with Crippen LogP contribution in [0.25, 0.3) is 11.1 Å². The Morgan fingerprint density at radius 2 is 1.82 bits per heavy atom. The molecule has 4 aromatic rings. The highest BCUT2D eigenvalue weighted by Gasteiger charge is 2.19.